The molecule has 21 heavy (non-hydrogen) atoms. The van der Waals surface area contributed by atoms with Gasteiger partial charge in [0.2, 0.25) is 0 Å². The van der Waals surface area contributed by atoms with E-state index < -0.39 is 10.9 Å². The number of hydrogen-bond acceptors (Lipinski definition) is 5. The number of anilines is 1. The molecule has 1 aliphatic rings. The fourth-order valence-corrected chi connectivity index (χ4v) is 3.10. The maximum absolute atomic E-state index is 10.9. The third-order valence-electron chi connectivity index (χ3n) is 3.77. The zero-order valence-corrected chi connectivity index (χ0v) is 13.2. The minimum Gasteiger partial charge on any atom is -0.481 e. The normalized spacial score (nSPS) is 18.0. The molecule has 0 radical (unpaired) electrons. The molecule has 2 rings (SSSR count). The third kappa shape index (κ3) is 3.49. The second-order valence-electron chi connectivity index (χ2n) is 5.20. The molecule has 0 aliphatic carbocycles. The van der Waals surface area contributed by atoms with Gasteiger partial charge in [-0.05, 0) is 41.6 Å². The monoisotopic (exact) mass is 357 g/mol. The summed E-state index contributed by atoms with van der Waals surface area (Å²) in [4.78, 5) is 27.3. The zero-order chi connectivity index (χ0) is 15.6. The lowest BCUT2D eigenvalue weighted by Crippen LogP contribution is -2.22. The Morgan fingerprint density at radius 2 is 2.38 bits per heavy atom. The number of carboxylic acid groups (broad SMARTS) is 1. The van der Waals surface area contributed by atoms with Crippen LogP contribution in [0.3, 0.4) is 0 Å². The smallest absolute Gasteiger partial charge is 0.303 e. The van der Waals surface area contributed by atoms with E-state index in [1.165, 1.54) is 6.20 Å². The minimum atomic E-state index is -0.779. The van der Waals surface area contributed by atoms with Crippen molar-refractivity contribution in [2.24, 2.45) is 5.92 Å². The van der Waals surface area contributed by atoms with Crippen LogP contribution in [0.15, 0.2) is 10.7 Å². The van der Waals surface area contributed by atoms with Crippen LogP contribution >= 0.6 is 15.9 Å². The highest BCUT2D eigenvalue weighted by atomic mass is 79.9. The lowest BCUT2D eigenvalue weighted by molar-refractivity contribution is -0.385. The Morgan fingerprint density at radius 3 is 3.00 bits per heavy atom. The molecule has 1 unspecified atom stereocenters. The summed E-state index contributed by atoms with van der Waals surface area (Å²) in [7, 11) is 0. The Morgan fingerprint density at radius 1 is 1.67 bits per heavy atom. The Bertz CT molecular complexity index is 579. The van der Waals surface area contributed by atoms with Crippen LogP contribution in [-0.2, 0) is 4.79 Å². The molecular weight excluding hydrogens is 342 g/mol. The lowest BCUT2D eigenvalue weighted by atomic mass is 10.0. The van der Waals surface area contributed by atoms with Crippen molar-refractivity contribution in [3.8, 4) is 0 Å². The van der Waals surface area contributed by atoms with Gasteiger partial charge in [0, 0.05) is 25.1 Å². The predicted molar refractivity (Wildman–Crippen MR) is 80.5 cm³/mol. The van der Waals surface area contributed by atoms with Gasteiger partial charge in [0.05, 0.1) is 9.40 Å². The fourth-order valence-electron chi connectivity index (χ4n) is 2.55. The molecule has 0 amide bonds. The first-order valence-corrected chi connectivity index (χ1v) is 7.45. The highest BCUT2D eigenvalue weighted by molar-refractivity contribution is 9.10. The van der Waals surface area contributed by atoms with Crippen molar-refractivity contribution in [2.45, 2.75) is 26.2 Å². The first-order chi connectivity index (χ1) is 9.90. The van der Waals surface area contributed by atoms with Crippen molar-refractivity contribution in [3.05, 3.63) is 26.3 Å². The molecule has 0 spiro atoms. The maximum Gasteiger partial charge on any atom is 0.303 e. The van der Waals surface area contributed by atoms with Crippen molar-refractivity contribution in [1.82, 2.24) is 4.98 Å². The Balaban J connectivity index is 2.11. The van der Waals surface area contributed by atoms with Gasteiger partial charge in [-0.1, -0.05) is 0 Å². The quantitative estimate of drug-likeness (QED) is 0.642. The first kappa shape index (κ1) is 15.7. The molecule has 0 bridgehead atoms. The minimum absolute atomic E-state index is 0.00718. The van der Waals surface area contributed by atoms with Crippen LogP contribution in [0.4, 0.5) is 11.5 Å². The number of carbonyl (C=O) groups is 1. The number of hydrogen-bond donors (Lipinski definition) is 1. The van der Waals surface area contributed by atoms with Gasteiger partial charge in [-0.2, -0.15) is 0 Å². The summed E-state index contributed by atoms with van der Waals surface area (Å²) in [5.74, 6) is 0.236. The standard InChI is InChI=1S/C13H16BrN3O4/c1-8-10(17(20)21)6-15-13(12(8)14)16-5-4-9(7-16)2-3-11(18)19/h6,9H,2-5,7H2,1H3,(H,18,19). The first-order valence-electron chi connectivity index (χ1n) is 6.66. The molecular formula is C13H16BrN3O4. The van der Waals surface area contributed by atoms with Crippen LogP contribution in [0, 0.1) is 23.0 Å². The number of aliphatic carboxylic acids is 1. The van der Waals surface area contributed by atoms with Gasteiger partial charge >= 0.3 is 5.97 Å². The number of pyridine rings is 1. The highest BCUT2D eigenvalue weighted by Crippen LogP contribution is 2.35. The summed E-state index contributed by atoms with van der Waals surface area (Å²) in [6.45, 7) is 3.20. The number of nitro groups is 1. The third-order valence-corrected chi connectivity index (χ3v) is 4.72. The molecule has 8 heteroatoms. The molecule has 1 N–H and O–H groups in total. The SMILES string of the molecule is Cc1c([N+](=O)[O-])cnc(N2CCC(CCC(=O)O)C2)c1Br. The van der Waals surface area contributed by atoms with E-state index in [1.807, 2.05) is 4.90 Å². The lowest BCUT2D eigenvalue weighted by Gasteiger charge is -2.19. The molecule has 0 saturated carbocycles. The van der Waals surface area contributed by atoms with Gasteiger partial charge in [-0.25, -0.2) is 4.98 Å². The Kier molecular flexibility index (Phi) is 4.76. The van der Waals surface area contributed by atoms with E-state index >= 15 is 0 Å². The largest absolute Gasteiger partial charge is 0.481 e. The number of rotatable bonds is 5. The van der Waals surface area contributed by atoms with E-state index in [9.17, 15) is 14.9 Å². The summed E-state index contributed by atoms with van der Waals surface area (Å²) >= 11 is 3.39. The average Bonchev–Trinajstić information content (AvgIpc) is 2.87. The molecule has 1 aromatic heterocycles. The molecule has 0 aromatic carbocycles. The fraction of sp³-hybridized carbons (Fsp3) is 0.538. The average molecular weight is 358 g/mol. The van der Waals surface area contributed by atoms with Crippen LogP contribution in [-0.4, -0.2) is 34.1 Å². The van der Waals surface area contributed by atoms with E-state index in [2.05, 4.69) is 20.9 Å². The number of halogens is 1. The van der Waals surface area contributed by atoms with Crippen LogP contribution in [0.2, 0.25) is 0 Å². The van der Waals surface area contributed by atoms with E-state index in [0.717, 1.165) is 19.5 Å². The molecule has 1 aliphatic heterocycles. The van der Waals surface area contributed by atoms with Crippen LogP contribution in [0.25, 0.3) is 0 Å². The highest BCUT2D eigenvalue weighted by Gasteiger charge is 2.27. The summed E-state index contributed by atoms with van der Waals surface area (Å²) in [5, 5.41) is 19.6. The van der Waals surface area contributed by atoms with Crippen molar-refractivity contribution in [2.75, 3.05) is 18.0 Å². The second kappa shape index (κ2) is 6.38. The van der Waals surface area contributed by atoms with E-state index in [1.54, 1.807) is 6.92 Å². The van der Waals surface area contributed by atoms with E-state index in [4.69, 9.17) is 5.11 Å². The maximum atomic E-state index is 10.9. The van der Waals surface area contributed by atoms with Crippen molar-refractivity contribution < 1.29 is 14.8 Å². The molecule has 2 heterocycles. The van der Waals surface area contributed by atoms with Gasteiger partial charge < -0.3 is 10.0 Å². The van der Waals surface area contributed by atoms with E-state index in [-0.39, 0.29) is 12.1 Å². The van der Waals surface area contributed by atoms with Gasteiger partial charge in [0.1, 0.15) is 12.0 Å². The second-order valence-corrected chi connectivity index (χ2v) is 5.99. The summed E-state index contributed by atoms with van der Waals surface area (Å²) in [5.41, 5.74) is 0.547. The van der Waals surface area contributed by atoms with Crippen molar-refractivity contribution in [3.63, 3.8) is 0 Å². The topological polar surface area (TPSA) is 96.6 Å². The van der Waals surface area contributed by atoms with Gasteiger partial charge in [0.25, 0.3) is 5.69 Å². The van der Waals surface area contributed by atoms with E-state index in [0.29, 0.717) is 28.2 Å². The summed E-state index contributed by atoms with van der Waals surface area (Å²) in [6.07, 6.45) is 3.01. The Labute approximate surface area is 130 Å². The number of aromatic nitrogens is 1. The number of nitrogens with zero attached hydrogens (tertiary/aromatic N) is 3. The van der Waals surface area contributed by atoms with Crippen molar-refractivity contribution in [1.29, 1.82) is 0 Å². The van der Waals surface area contributed by atoms with Crippen LogP contribution in [0.1, 0.15) is 24.8 Å². The van der Waals surface area contributed by atoms with Crippen LogP contribution in [0.5, 0.6) is 0 Å². The zero-order valence-electron chi connectivity index (χ0n) is 11.6. The van der Waals surface area contributed by atoms with Crippen molar-refractivity contribution >= 4 is 33.4 Å². The van der Waals surface area contributed by atoms with Gasteiger partial charge in [-0.15, -0.1) is 0 Å². The van der Waals surface area contributed by atoms with Gasteiger partial charge in [-0.3, -0.25) is 14.9 Å². The molecule has 1 fully saturated rings. The molecule has 7 nitrogen and oxygen atoms in total. The summed E-state index contributed by atoms with van der Waals surface area (Å²) < 4.78 is 0.635. The van der Waals surface area contributed by atoms with Gasteiger partial charge in [0.15, 0.2) is 0 Å². The molecule has 114 valence electrons. The summed E-state index contributed by atoms with van der Waals surface area (Å²) in [6, 6.07) is 0. The molecule has 1 atom stereocenters. The Hall–Kier alpha value is -1.70. The van der Waals surface area contributed by atoms with Crippen LogP contribution < -0.4 is 4.90 Å². The molecule has 1 aromatic rings. The predicted octanol–water partition coefficient (Wildman–Crippen LogP) is 2.75. The number of carboxylic acids is 1. The molecule has 1 saturated heterocycles.